The molecule has 2 heterocycles. The molecule has 5 nitrogen and oxygen atoms in total. The molecule has 3 aromatic rings. The molecule has 164 valence electrons. The lowest BCUT2D eigenvalue weighted by Gasteiger charge is -2.14. The summed E-state index contributed by atoms with van der Waals surface area (Å²) in [5, 5.41) is 3.45. The van der Waals surface area contributed by atoms with Gasteiger partial charge in [0.2, 0.25) is 0 Å². The SMILES string of the molecule is CCOc1ccc(N=C2NC(=O)/C(=C\c3cc(C)n(-c4cccc(C)c4C)c3C)S2)cc1. The van der Waals surface area contributed by atoms with Crippen LogP contribution in [0.3, 0.4) is 0 Å². The Balaban J connectivity index is 1.61. The molecule has 1 N–H and O–H groups in total. The summed E-state index contributed by atoms with van der Waals surface area (Å²) in [4.78, 5) is 17.8. The van der Waals surface area contributed by atoms with Gasteiger partial charge in [0.15, 0.2) is 5.17 Å². The third-order valence-electron chi connectivity index (χ3n) is 5.60. The summed E-state index contributed by atoms with van der Waals surface area (Å²) in [7, 11) is 0. The monoisotopic (exact) mass is 445 g/mol. The number of ether oxygens (including phenoxy) is 1. The summed E-state index contributed by atoms with van der Waals surface area (Å²) in [6.45, 7) is 11.0. The fourth-order valence-electron chi connectivity index (χ4n) is 3.80. The molecule has 0 radical (unpaired) electrons. The average Bonchev–Trinajstić information content (AvgIpc) is 3.24. The second kappa shape index (κ2) is 9.09. The normalized spacial score (nSPS) is 16.1. The Kier molecular flexibility index (Phi) is 6.24. The highest BCUT2D eigenvalue weighted by atomic mass is 32.2. The predicted molar refractivity (Wildman–Crippen MR) is 133 cm³/mol. The first-order chi connectivity index (χ1) is 15.4. The minimum atomic E-state index is -0.128. The summed E-state index contributed by atoms with van der Waals surface area (Å²) in [5.41, 5.74) is 7.73. The molecular weight excluding hydrogens is 418 g/mol. The molecule has 0 saturated carbocycles. The lowest BCUT2D eigenvalue weighted by Crippen LogP contribution is -2.19. The quantitative estimate of drug-likeness (QED) is 0.490. The first kappa shape index (κ1) is 22.0. The van der Waals surface area contributed by atoms with Crippen LogP contribution in [0.25, 0.3) is 11.8 Å². The molecule has 1 amide bonds. The van der Waals surface area contributed by atoms with Crippen molar-refractivity contribution in [1.82, 2.24) is 9.88 Å². The van der Waals surface area contributed by atoms with Crippen LogP contribution >= 0.6 is 11.8 Å². The zero-order valence-corrected chi connectivity index (χ0v) is 19.8. The van der Waals surface area contributed by atoms with Crippen molar-refractivity contribution in [2.24, 2.45) is 4.99 Å². The van der Waals surface area contributed by atoms with E-state index in [0.717, 1.165) is 28.4 Å². The highest BCUT2D eigenvalue weighted by molar-refractivity contribution is 8.18. The van der Waals surface area contributed by atoms with E-state index in [1.54, 1.807) is 0 Å². The van der Waals surface area contributed by atoms with Gasteiger partial charge >= 0.3 is 0 Å². The van der Waals surface area contributed by atoms with E-state index in [1.165, 1.54) is 28.6 Å². The van der Waals surface area contributed by atoms with Gasteiger partial charge in [-0.25, -0.2) is 4.99 Å². The lowest BCUT2D eigenvalue weighted by atomic mass is 10.1. The molecule has 1 aliphatic heterocycles. The fraction of sp³-hybridized carbons (Fsp3) is 0.231. The van der Waals surface area contributed by atoms with Crippen molar-refractivity contribution in [1.29, 1.82) is 0 Å². The van der Waals surface area contributed by atoms with Crippen LogP contribution in [0.1, 0.15) is 35.0 Å². The van der Waals surface area contributed by atoms with Gasteiger partial charge in [0.05, 0.1) is 17.2 Å². The van der Waals surface area contributed by atoms with Gasteiger partial charge in [-0.2, -0.15) is 0 Å². The van der Waals surface area contributed by atoms with E-state index >= 15 is 0 Å². The standard InChI is InChI=1S/C26H27N3O2S/c1-6-31-22-12-10-21(11-13-22)27-26-28-25(30)24(32-26)15-20-14-17(3)29(19(20)5)23-9-7-8-16(2)18(23)4/h7-15H,6H2,1-5H3,(H,27,28,30)/b24-15+. The number of rotatable bonds is 5. The topological polar surface area (TPSA) is 55.6 Å². The predicted octanol–water partition coefficient (Wildman–Crippen LogP) is 6.00. The van der Waals surface area contributed by atoms with Crippen LogP contribution in [0, 0.1) is 27.7 Å². The molecule has 4 rings (SSSR count). The molecule has 1 aliphatic rings. The number of benzene rings is 2. The number of thioether (sulfide) groups is 1. The molecule has 2 aromatic carbocycles. The van der Waals surface area contributed by atoms with Gasteiger partial charge < -0.3 is 14.6 Å². The first-order valence-electron chi connectivity index (χ1n) is 10.7. The van der Waals surface area contributed by atoms with Crippen LogP contribution < -0.4 is 10.1 Å². The van der Waals surface area contributed by atoms with E-state index in [0.29, 0.717) is 16.7 Å². The number of nitrogens with zero attached hydrogens (tertiary/aromatic N) is 2. The van der Waals surface area contributed by atoms with Crippen molar-refractivity contribution >= 4 is 34.6 Å². The smallest absolute Gasteiger partial charge is 0.264 e. The van der Waals surface area contributed by atoms with E-state index in [4.69, 9.17) is 4.74 Å². The third-order valence-corrected chi connectivity index (χ3v) is 6.51. The highest BCUT2D eigenvalue weighted by Gasteiger charge is 2.24. The number of carbonyl (C=O) groups excluding carboxylic acids is 1. The summed E-state index contributed by atoms with van der Waals surface area (Å²) in [5.74, 6) is 0.676. The van der Waals surface area contributed by atoms with Crippen LogP contribution in [-0.4, -0.2) is 22.2 Å². The number of nitrogens with one attached hydrogen (secondary N) is 1. The number of amides is 1. The summed E-state index contributed by atoms with van der Waals surface area (Å²) < 4.78 is 7.72. The molecule has 1 aromatic heterocycles. The Bertz CT molecular complexity index is 1240. The van der Waals surface area contributed by atoms with Crippen molar-refractivity contribution in [2.75, 3.05) is 6.61 Å². The van der Waals surface area contributed by atoms with E-state index in [9.17, 15) is 4.79 Å². The second-order valence-electron chi connectivity index (χ2n) is 7.79. The zero-order chi connectivity index (χ0) is 22.8. The molecule has 0 unspecified atom stereocenters. The molecule has 6 heteroatoms. The fourth-order valence-corrected chi connectivity index (χ4v) is 4.64. The maximum absolute atomic E-state index is 12.6. The van der Waals surface area contributed by atoms with Gasteiger partial charge in [0.1, 0.15) is 5.75 Å². The van der Waals surface area contributed by atoms with E-state index in [-0.39, 0.29) is 5.91 Å². The minimum absolute atomic E-state index is 0.128. The van der Waals surface area contributed by atoms with Crippen molar-refractivity contribution in [3.8, 4) is 11.4 Å². The van der Waals surface area contributed by atoms with Gasteiger partial charge in [-0.05, 0) is 106 Å². The highest BCUT2D eigenvalue weighted by Crippen LogP contribution is 2.31. The Hall–Kier alpha value is -3.25. The Labute approximate surface area is 193 Å². The molecular formula is C26H27N3O2S. The maximum atomic E-state index is 12.6. The van der Waals surface area contributed by atoms with Crippen molar-refractivity contribution < 1.29 is 9.53 Å². The van der Waals surface area contributed by atoms with Crippen molar-refractivity contribution in [3.05, 3.63) is 81.5 Å². The molecule has 0 bridgehead atoms. The van der Waals surface area contributed by atoms with Crippen molar-refractivity contribution in [2.45, 2.75) is 34.6 Å². The van der Waals surface area contributed by atoms with Gasteiger partial charge in [-0.15, -0.1) is 0 Å². The molecule has 0 spiro atoms. The molecule has 0 aliphatic carbocycles. The van der Waals surface area contributed by atoms with E-state index in [1.807, 2.05) is 37.3 Å². The molecule has 1 fully saturated rings. The molecule has 1 saturated heterocycles. The second-order valence-corrected chi connectivity index (χ2v) is 8.82. The maximum Gasteiger partial charge on any atom is 0.264 e. The number of hydrogen-bond acceptors (Lipinski definition) is 4. The van der Waals surface area contributed by atoms with Crippen LogP contribution in [0.15, 0.2) is 58.4 Å². The third kappa shape index (κ3) is 4.36. The van der Waals surface area contributed by atoms with Gasteiger partial charge in [0, 0.05) is 17.1 Å². The Morgan fingerprint density at radius 2 is 1.84 bits per heavy atom. The van der Waals surface area contributed by atoms with Gasteiger partial charge in [-0.3, -0.25) is 4.79 Å². The van der Waals surface area contributed by atoms with Gasteiger partial charge in [0.25, 0.3) is 5.91 Å². The van der Waals surface area contributed by atoms with Gasteiger partial charge in [-0.1, -0.05) is 12.1 Å². The number of carbonyl (C=O) groups is 1. The molecule has 32 heavy (non-hydrogen) atoms. The summed E-state index contributed by atoms with van der Waals surface area (Å²) in [6, 6.07) is 16.0. The van der Waals surface area contributed by atoms with Crippen LogP contribution in [0.5, 0.6) is 5.75 Å². The zero-order valence-electron chi connectivity index (χ0n) is 19.0. The minimum Gasteiger partial charge on any atom is -0.494 e. The lowest BCUT2D eigenvalue weighted by molar-refractivity contribution is -0.115. The van der Waals surface area contributed by atoms with Crippen LogP contribution in [-0.2, 0) is 4.79 Å². The average molecular weight is 446 g/mol. The van der Waals surface area contributed by atoms with E-state index < -0.39 is 0 Å². The number of aromatic nitrogens is 1. The Morgan fingerprint density at radius 1 is 1.09 bits per heavy atom. The van der Waals surface area contributed by atoms with E-state index in [2.05, 4.69) is 66.8 Å². The number of hydrogen-bond donors (Lipinski definition) is 1. The number of aryl methyl sites for hydroxylation is 2. The molecule has 0 atom stereocenters. The van der Waals surface area contributed by atoms with Crippen molar-refractivity contribution in [3.63, 3.8) is 0 Å². The summed E-state index contributed by atoms with van der Waals surface area (Å²) >= 11 is 1.36. The summed E-state index contributed by atoms with van der Waals surface area (Å²) in [6.07, 6.45) is 1.95. The van der Waals surface area contributed by atoms with Crippen LogP contribution in [0.2, 0.25) is 0 Å². The number of aliphatic imine (C=N–C) groups is 1. The number of amidine groups is 1. The Morgan fingerprint density at radius 3 is 2.56 bits per heavy atom. The van der Waals surface area contributed by atoms with Crippen LogP contribution in [0.4, 0.5) is 5.69 Å². The largest absolute Gasteiger partial charge is 0.494 e. The first-order valence-corrected chi connectivity index (χ1v) is 11.5.